The monoisotopic (exact) mass is 398 g/mol. The van der Waals surface area contributed by atoms with E-state index >= 15 is 0 Å². The van der Waals surface area contributed by atoms with Gasteiger partial charge in [-0.1, -0.05) is 74.5 Å². The summed E-state index contributed by atoms with van der Waals surface area (Å²) in [4.78, 5) is 0. The van der Waals surface area contributed by atoms with Gasteiger partial charge in [-0.25, -0.2) is 0 Å². The van der Waals surface area contributed by atoms with Gasteiger partial charge in [-0.3, -0.25) is 0 Å². The minimum absolute atomic E-state index is 0.0554. The number of ether oxygens (including phenoxy) is 3. The first kappa shape index (κ1) is 23.6. The molecule has 0 spiro atoms. The molecule has 0 saturated carbocycles. The van der Waals surface area contributed by atoms with E-state index in [0.29, 0.717) is 19.8 Å². The van der Waals surface area contributed by atoms with Crippen LogP contribution in [-0.4, -0.2) is 32.2 Å². The second-order valence-electron chi connectivity index (χ2n) is 8.29. The molecule has 160 valence electrons. The summed E-state index contributed by atoms with van der Waals surface area (Å²) in [5, 5.41) is 0. The van der Waals surface area contributed by atoms with E-state index in [1.807, 2.05) is 19.9 Å². The van der Waals surface area contributed by atoms with Crippen LogP contribution in [-0.2, 0) is 25.0 Å². The molecule has 2 aromatic rings. The third-order valence-corrected chi connectivity index (χ3v) is 5.81. The first-order valence-electron chi connectivity index (χ1n) is 10.9. The molecule has 0 fully saturated rings. The van der Waals surface area contributed by atoms with Crippen molar-refractivity contribution in [1.82, 2.24) is 0 Å². The standard InChI is InChI=1S/C26H38O3/c1-7-27-23(20-25(4,5)21-16-12-10-13-17-21)26(6,22-18-14-11-15-19-22)24(28-8-2)29-9-3/h10-19,23-24H,7-9,20H2,1-6H3. The largest absolute Gasteiger partial charge is 0.377 e. The van der Waals surface area contributed by atoms with Gasteiger partial charge < -0.3 is 14.2 Å². The fourth-order valence-corrected chi connectivity index (χ4v) is 4.08. The van der Waals surface area contributed by atoms with Crippen molar-refractivity contribution in [3.63, 3.8) is 0 Å². The predicted octanol–water partition coefficient (Wildman–Crippen LogP) is 6.12. The topological polar surface area (TPSA) is 27.7 Å². The Kier molecular flexibility index (Phi) is 8.88. The molecule has 0 bridgehead atoms. The Morgan fingerprint density at radius 3 is 1.55 bits per heavy atom. The van der Waals surface area contributed by atoms with Gasteiger partial charge in [0.1, 0.15) is 0 Å². The second-order valence-corrected chi connectivity index (χ2v) is 8.29. The summed E-state index contributed by atoms with van der Waals surface area (Å²) in [6.07, 6.45) is 0.392. The second kappa shape index (κ2) is 10.9. The molecule has 0 amide bonds. The maximum Gasteiger partial charge on any atom is 0.169 e. The summed E-state index contributed by atoms with van der Waals surface area (Å²) in [7, 11) is 0. The normalized spacial score (nSPS) is 15.3. The van der Waals surface area contributed by atoms with Crippen molar-refractivity contribution in [1.29, 1.82) is 0 Å². The van der Waals surface area contributed by atoms with E-state index in [0.717, 1.165) is 6.42 Å². The molecule has 0 saturated heterocycles. The van der Waals surface area contributed by atoms with Crippen molar-refractivity contribution in [2.24, 2.45) is 0 Å². The maximum absolute atomic E-state index is 6.43. The lowest BCUT2D eigenvalue weighted by atomic mass is 9.69. The highest BCUT2D eigenvalue weighted by Gasteiger charge is 2.47. The zero-order valence-electron chi connectivity index (χ0n) is 19.0. The van der Waals surface area contributed by atoms with E-state index in [4.69, 9.17) is 14.2 Å². The Labute approximate surface area is 177 Å². The first-order chi connectivity index (χ1) is 13.9. The Balaban J connectivity index is 2.51. The van der Waals surface area contributed by atoms with Crippen LogP contribution >= 0.6 is 0 Å². The Morgan fingerprint density at radius 1 is 0.655 bits per heavy atom. The average Bonchev–Trinajstić information content (AvgIpc) is 2.74. The molecule has 0 aromatic heterocycles. The fraction of sp³-hybridized carbons (Fsp3) is 0.538. The van der Waals surface area contributed by atoms with E-state index in [9.17, 15) is 0 Å². The van der Waals surface area contributed by atoms with Crippen LogP contribution in [0.3, 0.4) is 0 Å². The molecular weight excluding hydrogens is 360 g/mol. The first-order valence-corrected chi connectivity index (χ1v) is 10.9. The van der Waals surface area contributed by atoms with Crippen molar-refractivity contribution < 1.29 is 14.2 Å². The Hall–Kier alpha value is -1.68. The van der Waals surface area contributed by atoms with Crippen molar-refractivity contribution in [2.75, 3.05) is 19.8 Å². The molecule has 0 aliphatic heterocycles. The lowest BCUT2D eigenvalue weighted by molar-refractivity contribution is -0.205. The van der Waals surface area contributed by atoms with Gasteiger partial charge in [0.05, 0.1) is 11.5 Å². The smallest absolute Gasteiger partial charge is 0.169 e. The molecule has 0 aliphatic rings. The van der Waals surface area contributed by atoms with E-state index < -0.39 is 5.41 Å². The minimum Gasteiger partial charge on any atom is -0.377 e. The molecule has 3 nitrogen and oxygen atoms in total. The van der Waals surface area contributed by atoms with Gasteiger partial charge in [-0.2, -0.15) is 0 Å². The van der Waals surface area contributed by atoms with Crippen LogP contribution in [0.2, 0.25) is 0 Å². The van der Waals surface area contributed by atoms with Gasteiger partial charge in [0.2, 0.25) is 0 Å². The van der Waals surface area contributed by atoms with Crippen LogP contribution in [0.25, 0.3) is 0 Å². The van der Waals surface area contributed by atoms with Gasteiger partial charge in [-0.15, -0.1) is 0 Å². The van der Waals surface area contributed by atoms with Crippen molar-refractivity contribution >= 4 is 0 Å². The molecule has 0 aliphatic carbocycles. The highest BCUT2D eigenvalue weighted by Crippen LogP contribution is 2.41. The molecule has 3 heteroatoms. The third kappa shape index (κ3) is 5.69. The van der Waals surface area contributed by atoms with Crippen molar-refractivity contribution in [3.05, 3.63) is 71.8 Å². The van der Waals surface area contributed by atoms with Gasteiger partial charge >= 0.3 is 0 Å². The zero-order chi connectivity index (χ0) is 21.3. The van der Waals surface area contributed by atoms with E-state index in [-0.39, 0.29) is 17.8 Å². The van der Waals surface area contributed by atoms with E-state index in [2.05, 4.69) is 82.3 Å². The van der Waals surface area contributed by atoms with E-state index in [1.165, 1.54) is 11.1 Å². The van der Waals surface area contributed by atoms with Crippen LogP contribution in [0.4, 0.5) is 0 Å². The summed E-state index contributed by atoms with van der Waals surface area (Å²) in [6, 6.07) is 21.2. The zero-order valence-corrected chi connectivity index (χ0v) is 19.0. The molecule has 2 atom stereocenters. The van der Waals surface area contributed by atoms with Gasteiger partial charge in [0, 0.05) is 19.8 Å². The third-order valence-electron chi connectivity index (χ3n) is 5.81. The lowest BCUT2D eigenvalue weighted by Crippen LogP contribution is -2.52. The number of hydrogen-bond donors (Lipinski definition) is 0. The molecule has 2 aromatic carbocycles. The van der Waals surface area contributed by atoms with Gasteiger partial charge in [-0.05, 0) is 50.7 Å². The SMILES string of the molecule is CCOC(CC(C)(C)c1ccccc1)C(C)(c1ccccc1)C(OCC)OCC. The Morgan fingerprint density at radius 2 is 1.10 bits per heavy atom. The lowest BCUT2D eigenvalue weighted by Gasteiger charge is -2.45. The van der Waals surface area contributed by atoms with Gasteiger partial charge in [0.15, 0.2) is 6.29 Å². The fourth-order valence-electron chi connectivity index (χ4n) is 4.08. The van der Waals surface area contributed by atoms with Crippen LogP contribution < -0.4 is 0 Å². The predicted molar refractivity (Wildman–Crippen MR) is 120 cm³/mol. The molecule has 0 radical (unpaired) electrons. The van der Waals surface area contributed by atoms with Crippen LogP contribution in [0.15, 0.2) is 60.7 Å². The summed E-state index contributed by atoms with van der Waals surface area (Å²) in [5.41, 5.74) is 1.98. The molecule has 2 unspecified atom stereocenters. The number of rotatable bonds is 12. The van der Waals surface area contributed by atoms with Crippen molar-refractivity contribution in [2.45, 2.75) is 71.2 Å². The summed E-state index contributed by atoms with van der Waals surface area (Å²) < 4.78 is 18.7. The van der Waals surface area contributed by atoms with Gasteiger partial charge in [0.25, 0.3) is 0 Å². The summed E-state index contributed by atoms with van der Waals surface area (Å²) in [6.45, 7) is 14.7. The Bertz CT molecular complexity index is 692. The van der Waals surface area contributed by atoms with Crippen LogP contribution in [0.1, 0.15) is 59.1 Å². The van der Waals surface area contributed by atoms with Crippen LogP contribution in [0.5, 0.6) is 0 Å². The molecule has 29 heavy (non-hydrogen) atoms. The summed E-state index contributed by atoms with van der Waals surface area (Å²) in [5.74, 6) is 0. The summed E-state index contributed by atoms with van der Waals surface area (Å²) >= 11 is 0. The van der Waals surface area contributed by atoms with E-state index in [1.54, 1.807) is 0 Å². The molecule has 0 heterocycles. The molecule has 2 rings (SSSR count). The molecular formula is C26H38O3. The van der Waals surface area contributed by atoms with Crippen molar-refractivity contribution in [3.8, 4) is 0 Å². The number of hydrogen-bond acceptors (Lipinski definition) is 3. The average molecular weight is 399 g/mol. The molecule has 0 N–H and O–H groups in total. The minimum atomic E-state index is -0.449. The quantitative estimate of drug-likeness (QED) is 0.403. The maximum atomic E-state index is 6.43. The van der Waals surface area contributed by atoms with Crippen LogP contribution in [0, 0.1) is 0 Å². The number of benzene rings is 2. The highest BCUT2D eigenvalue weighted by atomic mass is 16.7. The highest BCUT2D eigenvalue weighted by molar-refractivity contribution is 5.30.